The molecule has 3 unspecified atom stereocenters. The first-order chi connectivity index (χ1) is 9.65. The van der Waals surface area contributed by atoms with E-state index < -0.39 is 0 Å². The van der Waals surface area contributed by atoms with Gasteiger partial charge in [0, 0.05) is 15.1 Å². The summed E-state index contributed by atoms with van der Waals surface area (Å²) in [6.07, 6.45) is 8.63. The van der Waals surface area contributed by atoms with Gasteiger partial charge in [-0.25, -0.2) is 0 Å². The minimum absolute atomic E-state index is 0.372. The predicted molar refractivity (Wildman–Crippen MR) is 91.8 cm³/mol. The molecule has 0 amide bonds. The summed E-state index contributed by atoms with van der Waals surface area (Å²) < 4.78 is 2.13. The van der Waals surface area contributed by atoms with Crippen LogP contribution in [0.4, 0.5) is 0 Å². The molecule has 1 fully saturated rings. The molecule has 1 aromatic rings. The second-order valence-electron chi connectivity index (χ2n) is 5.76. The zero-order valence-corrected chi connectivity index (χ0v) is 15.5. The summed E-state index contributed by atoms with van der Waals surface area (Å²) in [4.78, 5) is 4.67. The van der Waals surface area contributed by atoms with E-state index in [1.54, 1.807) is 0 Å². The Kier molecular flexibility index (Phi) is 6.50. The van der Waals surface area contributed by atoms with Gasteiger partial charge in [-0.1, -0.05) is 33.1 Å². The molecule has 4 heteroatoms. The van der Waals surface area contributed by atoms with E-state index in [9.17, 15) is 0 Å². The lowest BCUT2D eigenvalue weighted by atomic mass is 9.76. The molecule has 0 aliphatic heterocycles. The fourth-order valence-electron chi connectivity index (χ4n) is 3.37. The first kappa shape index (κ1) is 16.4. The monoisotopic (exact) mass is 402 g/mol. The summed E-state index contributed by atoms with van der Waals surface area (Å²) in [7, 11) is 0. The maximum Gasteiger partial charge on any atom is 0.0718 e. The molecule has 1 heterocycles. The Morgan fingerprint density at radius 1 is 1.35 bits per heavy atom. The van der Waals surface area contributed by atoms with E-state index in [2.05, 4.69) is 62.1 Å². The Bertz CT molecular complexity index is 436. The number of halogens is 2. The lowest BCUT2D eigenvalue weighted by molar-refractivity contribution is 0.208. The molecule has 0 spiro atoms. The van der Waals surface area contributed by atoms with Crippen molar-refractivity contribution >= 4 is 31.9 Å². The summed E-state index contributed by atoms with van der Waals surface area (Å²) in [6, 6.07) is 2.48. The Morgan fingerprint density at radius 2 is 2.15 bits per heavy atom. The molecule has 0 bridgehead atoms. The number of aromatic nitrogens is 1. The maximum atomic E-state index is 4.67. The third kappa shape index (κ3) is 4.05. The molecule has 0 saturated heterocycles. The van der Waals surface area contributed by atoms with Crippen LogP contribution in [0.5, 0.6) is 0 Å². The van der Waals surface area contributed by atoms with Crippen LogP contribution in [0, 0.1) is 11.8 Å². The van der Waals surface area contributed by atoms with Gasteiger partial charge in [0.05, 0.1) is 11.7 Å². The average Bonchev–Trinajstić information content (AvgIpc) is 2.45. The summed E-state index contributed by atoms with van der Waals surface area (Å²) >= 11 is 7.17. The number of rotatable bonds is 5. The second-order valence-corrected chi connectivity index (χ2v) is 7.53. The van der Waals surface area contributed by atoms with Crippen LogP contribution in [0.3, 0.4) is 0 Å². The number of nitrogens with one attached hydrogen (secondary N) is 1. The van der Waals surface area contributed by atoms with Crippen LogP contribution in [0.25, 0.3) is 0 Å². The van der Waals surface area contributed by atoms with Crippen molar-refractivity contribution in [3.8, 4) is 0 Å². The minimum Gasteiger partial charge on any atom is -0.309 e. The quantitative estimate of drug-likeness (QED) is 0.704. The molecule has 20 heavy (non-hydrogen) atoms. The van der Waals surface area contributed by atoms with Crippen molar-refractivity contribution < 1.29 is 0 Å². The van der Waals surface area contributed by atoms with Crippen molar-refractivity contribution in [1.29, 1.82) is 0 Å². The minimum atomic E-state index is 0.372. The topological polar surface area (TPSA) is 24.9 Å². The molecule has 1 aromatic heterocycles. The third-order valence-electron chi connectivity index (χ3n) is 4.43. The van der Waals surface area contributed by atoms with E-state index in [0.29, 0.717) is 12.0 Å². The predicted octanol–water partition coefficient (Wildman–Crippen LogP) is 5.47. The molecular weight excluding hydrogens is 380 g/mol. The average molecular weight is 404 g/mol. The molecule has 2 rings (SSSR count). The SMILES string of the molecule is CCNC(c1ncc(Br)cc1Br)C1CCCC(CC)C1. The number of nitrogens with zero attached hydrogens (tertiary/aromatic N) is 1. The van der Waals surface area contributed by atoms with Crippen LogP contribution in [0.15, 0.2) is 21.2 Å². The zero-order chi connectivity index (χ0) is 14.5. The molecule has 1 saturated carbocycles. The fourth-order valence-corrected chi connectivity index (χ4v) is 4.60. The van der Waals surface area contributed by atoms with Gasteiger partial charge in [-0.05, 0) is 69.1 Å². The van der Waals surface area contributed by atoms with Crippen molar-refractivity contribution in [2.75, 3.05) is 6.54 Å². The standard InChI is InChI=1S/C16H24Br2N2/c1-3-11-6-5-7-12(8-11)15(19-4-2)16-14(18)9-13(17)10-20-16/h9-12,15,19H,3-8H2,1-2H3. The smallest absolute Gasteiger partial charge is 0.0718 e. The van der Waals surface area contributed by atoms with Crippen molar-refractivity contribution in [2.45, 2.75) is 52.0 Å². The van der Waals surface area contributed by atoms with Gasteiger partial charge in [0.15, 0.2) is 0 Å². The summed E-state index contributed by atoms with van der Waals surface area (Å²) in [5.41, 5.74) is 1.16. The van der Waals surface area contributed by atoms with Gasteiger partial charge < -0.3 is 5.32 Å². The van der Waals surface area contributed by atoms with Crippen molar-refractivity contribution in [3.05, 3.63) is 26.9 Å². The maximum absolute atomic E-state index is 4.67. The van der Waals surface area contributed by atoms with E-state index in [1.807, 2.05) is 6.20 Å². The zero-order valence-electron chi connectivity index (χ0n) is 12.3. The van der Waals surface area contributed by atoms with Crippen molar-refractivity contribution in [2.24, 2.45) is 11.8 Å². The van der Waals surface area contributed by atoms with Gasteiger partial charge in [0.2, 0.25) is 0 Å². The van der Waals surface area contributed by atoms with Gasteiger partial charge in [-0.3, -0.25) is 4.98 Å². The van der Waals surface area contributed by atoms with Crippen LogP contribution >= 0.6 is 31.9 Å². The van der Waals surface area contributed by atoms with Crippen LogP contribution in [0.2, 0.25) is 0 Å². The van der Waals surface area contributed by atoms with Crippen LogP contribution in [-0.2, 0) is 0 Å². The third-order valence-corrected chi connectivity index (χ3v) is 5.50. The van der Waals surface area contributed by atoms with Gasteiger partial charge in [0.1, 0.15) is 0 Å². The van der Waals surface area contributed by atoms with Gasteiger partial charge in [-0.15, -0.1) is 0 Å². The van der Waals surface area contributed by atoms with E-state index in [4.69, 9.17) is 0 Å². The highest BCUT2D eigenvalue weighted by Gasteiger charge is 2.30. The molecule has 1 N–H and O–H groups in total. The highest BCUT2D eigenvalue weighted by Crippen LogP contribution is 2.39. The molecule has 0 radical (unpaired) electrons. The molecular formula is C16H24Br2N2. The first-order valence-corrected chi connectivity index (χ1v) is 9.28. The van der Waals surface area contributed by atoms with E-state index in [0.717, 1.165) is 27.1 Å². The number of hydrogen-bond acceptors (Lipinski definition) is 2. The second kappa shape index (κ2) is 7.90. The molecule has 2 nitrogen and oxygen atoms in total. The molecule has 1 aliphatic carbocycles. The Morgan fingerprint density at radius 3 is 2.80 bits per heavy atom. The highest BCUT2D eigenvalue weighted by molar-refractivity contribution is 9.11. The Labute approximate surface area is 139 Å². The molecule has 0 aromatic carbocycles. The van der Waals surface area contributed by atoms with Crippen LogP contribution < -0.4 is 5.32 Å². The summed E-state index contributed by atoms with van der Waals surface area (Å²) in [5.74, 6) is 1.60. The Hall–Kier alpha value is 0.0700. The van der Waals surface area contributed by atoms with Gasteiger partial charge in [0.25, 0.3) is 0 Å². The first-order valence-electron chi connectivity index (χ1n) is 7.70. The van der Waals surface area contributed by atoms with Crippen molar-refractivity contribution in [3.63, 3.8) is 0 Å². The normalized spacial score (nSPS) is 24.6. The highest BCUT2D eigenvalue weighted by atomic mass is 79.9. The lowest BCUT2D eigenvalue weighted by Gasteiger charge is -2.34. The number of pyridine rings is 1. The number of hydrogen-bond donors (Lipinski definition) is 1. The largest absolute Gasteiger partial charge is 0.309 e. The van der Waals surface area contributed by atoms with Crippen molar-refractivity contribution in [1.82, 2.24) is 10.3 Å². The van der Waals surface area contributed by atoms with Crippen LogP contribution in [0.1, 0.15) is 57.7 Å². The Balaban J connectivity index is 2.21. The van der Waals surface area contributed by atoms with E-state index in [1.165, 1.54) is 32.1 Å². The molecule has 3 atom stereocenters. The summed E-state index contributed by atoms with van der Waals surface area (Å²) in [6.45, 7) is 5.49. The van der Waals surface area contributed by atoms with Crippen LogP contribution in [-0.4, -0.2) is 11.5 Å². The van der Waals surface area contributed by atoms with Gasteiger partial charge in [-0.2, -0.15) is 0 Å². The van der Waals surface area contributed by atoms with Gasteiger partial charge >= 0.3 is 0 Å². The molecule has 112 valence electrons. The van der Waals surface area contributed by atoms with E-state index >= 15 is 0 Å². The lowest BCUT2D eigenvalue weighted by Crippen LogP contribution is -2.32. The van der Waals surface area contributed by atoms with E-state index in [-0.39, 0.29) is 0 Å². The molecule has 1 aliphatic rings. The fraction of sp³-hybridized carbons (Fsp3) is 0.688. The summed E-state index contributed by atoms with van der Waals surface area (Å²) in [5, 5.41) is 3.67.